The molecule has 0 radical (unpaired) electrons. The molecule has 1 atom stereocenters. The smallest absolute Gasteiger partial charge is 0.262 e. The molecule has 1 aromatic carbocycles. The maximum atomic E-state index is 11.7. The van der Waals surface area contributed by atoms with Crippen molar-refractivity contribution in [2.75, 3.05) is 5.32 Å². The third-order valence-corrected chi connectivity index (χ3v) is 3.46. The van der Waals surface area contributed by atoms with Gasteiger partial charge < -0.3 is 11.1 Å². The van der Waals surface area contributed by atoms with Crippen molar-refractivity contribution in [1.82, 2.24) is 0 Å². The van der Waals surface area contributed by atoms with Gasteiger partial charge in [0, 0.05) is 17.1 Å². The van der Waals surface area contributed by atoms with Crippen LogP contribution in [0.2, 0.25) is 5.02 Å². The molecule has 3 N–H and O–H groups in total. The van der Waals surface area contributed by atoms with E-state index in [9.17, 15) is 9.59 Å². The number of carbonyl (C=O) groups is 2. The van der Waals surface area contributed by atoms with E-state index in [0.717, 1.165) is 11.8 Å². The summed E-state index contributed by atoms with van der Waals surface area (Å²) in [5.74, 6) is -0.633. The first-order valence-corrected chi connectivity index (χ1v) is 6.40. The van der Waals surface area contributed by atoms with Crippen LogP contribution >= 0.6 is 23.4 Å². The van der Waals surface area contributed by atoms with E-state index in [1.807, 2.05) is 0 Å². The van der Waals surface area contributed by atoms with Crippen LogP contribution in [0.3, 0.4) is 0 Å². The molecule has 7 heteroatoms. The summed E-state index contributed by atoms with van der Waals surface area (Å²) in [6.45, 7) is 0. The van der Waals surface area contributed by atoms with E-state index in [2.05, 4.69) is 10.3 Å². The van der Waals surface area contributed by atoms with Gasteiger partial charge in [-0.05, 0) is 18.2 Å². The lowest BCUT2D eigenvalue weighted by molar-refractivity contribution is -0.121. The Kier molecular flexibility index (Phi) is 3.88. The molecule has 94 valence electrons. The first-order chi connectivity index (χ1) is 8.54. The van der Waals surface area contributed by atoms with Gasteiger partial charge in [-0.3, -0.25) is 9.59 Å². The number of thioether (sulfide) groups is 1. The standard InChI is InChI=1S/C11H10ClN3O2S/c12-6-2-1-3-7(4-6)14-9(16)5-8-10(17)15-11(13)18-8/h1-4,8H,5H2,(H,14,16)(H2,13,15,17)/t8-/m0/s1. The average molecular weight is 284 g/mol. The minimum atomic E-state index is -0.524. The van der Waals surface area contributed by atoms with Crippen LogP contribution in [0, 0.1) is 0 Å². The number of aliphatic imine (C=N–C) groups is 1. The minimum Gasteiger partial charge on any atom is -0.378 e. The molecule has 2 amide bonds. The first-order valence-electron chi connectivity index (χ1n) is 5.14. The number of nitrogens with two attached hydrogens (primary N) is 1. The number of rotatable bonds is 3. The zero-order valence-electron chi connectivity index (χ0n) is 9.22. The Morgan fingerprint density at radius 3 is 2.94 bits per heavy atom. The van der Waals surface area contributed by atoms with E-state index in [1.54, 1.807) is 24.3 Å². The van der Waals surface area contributed by atoms with Crippen molar-refractivity contribution in [1.29, 1.82) is 0 Å². The van der Waals surface area contributed by atoms with Crippen molar-refractivity contribution in [3.8, 4) is 0 Å². The predicted molar refractivity (Wildman–Crippen MR) is 72.7 cm³/mol. The number of benzene rings is 1. The molecule has 0 aromatic heterocycles. The highest BCUT2D eigenvalue weighted by Gasteiger charge is 2.29. The summed E-state index contributed by atoms with van der Waals surface area (Å²) >= 11 is 6.90. The molecule has 0 saturated carbocycles. The molecule has 0 aliphatic carbocycles. The third-order valence-electron chi connectivity index (χ3n) is 2.24. The van der Waals surface area contributed by atoms with E-state index >= 15 is 0 Å². The van der Waals surface area contributed by atoms with E-state index in [-0.39, 0.29) is 23.4 Å². The van der Waals surface area contributed by atoms with Gasteiger partial charge in [-0.2, -0.15) is 4.99 Å². The number of hydrogen-bond acceptors (Lipinski definition) is 4. The molecule has 0 saturated heterocycles. The van der Waals surface area contributed by atoms with Gasteiger partial charge in [0.05, 0.1) is 0 Å². The number of amidine groups is 1. The highest BCUT2D eigenvalue weighted by atomic mass is 35.5. The molecule has 18 heavy (non-hydrogen) atoms. The Morgan fingerprint density at radius 2 is 2.33 bits per heavy atom. The largest absolute Gasteiger partial charge is 0.378 e. The second kappa shape index (κ2) is 5.41. The van der Waals surface area contributed by atoms with Crippen molar-refractivity contribution in [2.45, 2.75) is 11.7 Å². The molecule has 2 rings (SSSR count). The average Bonchev–Trinajstić information content (AvgIpc) is 2.57. The SMILES string of the molecule is NC1=NC(=O)[C@H](CC(=O)Nc2cccc(Cl)c2)S1. The lowest BCUT2D eigenvalue weighted by atomic mass is 10.2. The number of carbonyl (C=O) groups excluding carboxylic acids is 2. The normalized spacial score (nSPS) is 18.6. The highest BCUT2D eigenvalue weighted by Crippen LogP contribution is 2.23. The van der Waals surface area contributed by atoms with Gasteiger partial charge in [-0.1, -0.05) is 29.4 Å². The number of halogens is 1. The van der Waals surface area contributed by atoms with Crippen molar-refractivity contribution in [3.05, 3.63) is 29.3 Å². The topological polar surface area (TPSA) is 84.5 Å². The molecule has 1 heterocycles. The van der Waals surface area contributed by atoms with E-state index < -0.39 is 5.25 Å². The van der Waals surface area contributed by atoms with Gasteiger partial charge in [-0.15, -0.1) is 0 Å². The summed E-state index contributed by atoms with van der Waals surface area (Å²) in [7, 11) is 0. The maximum absolute atomic E-state index is 11.7. The van der Waals surface area contributed by atoms with Crippen LogP contribution in [0.25, 0.3) is 0 Å². The molecule has 1 aromatic rings. The molecule has 0 fully saturated rings. The minimum absolute atomic E-state index is 0.0419. The molecule has 1 aliphatic rings. The Bertz CT molecular complexity index is 533. The van der Waals surface area contributed by atoms with Gasteiger partial charge in [0.2, 0.25) is 5.91 Å². The van der Waals surface area contributed by atoms with Crippen molar-refractivity contribution < 1.29 is 9.59 Å². The van der Waals surface area contributed by atoms with Gasteiger partial charge >= 0.3 is 0 Å². The third kappa shape index (κ3) is 3.24. The van der Waals surface area contributed by atoms with Gasteiger partial charge in [-0.25, -0.2) is 0 Å². The Hall–Kier alpha value is -1.53. The fourth-order valence-corrected chi connectivity index (χ4v) is 2.49. The number of amides is 2. The lowest BCUT2D eigenvalue weighted by Crippen LogP contribution is -2.21. The summed E-state index contributed by atoms with van der Waals surface area (Å²) in [6, 6.07) is 6.79. The summed E-state index contributed by atoms with van der Waals surface area (Å²) < 4.78 is 0. The molecule has 0 bridgehead atoms. The van der Waals surface area contributed by atoms with Gasteiger partial charge in [0.1, 0.15) is 5.25 Å². The zero-order chi connectivity index (χ0) is 13.1. The van der Waals surface area contributed by atoms with E-state index in [4.69, 9.17) is 17.3 Å². The fraction of sp³-hybridized carbons (Fsp3) is 0.182. The number of anilines is 1. The molecule has 0 unspecified atom stereocenters. The molecular weight excluding hydrogens is 274 g/mol. The second-order valence-electron chi connectivity index (χ2n) is 3.66. The van der Waals surface area contributed by atoms with Gasteiger partial charge in [0.25, 0.3) is 5.91 Å². The van der Waals surface area contributed by atoms with Crippen molar-refractivity contribution in [3.63, 3.8) is 0 Å². The summed E-state index contributed by atoms with van der Waals surface area (Å²) in [6.07, 6.45) is 0.0419. The Morgan fingerprint density at radius 1 is 1.56 bits per heavy atom. The van der Waals surface area contributed by atoms with Crippen LogP contribution in [0.15, 0.2) is 29.3 Å². The lowest BCUT2D eigenvalue weighted by Gasteiger charge is -2.08. The highest BCUT2D eigenvalue weighted by molar-refractivity contribution is 8.15. The quantitative estimate of drug-likeness (QED) is 0.883. The Balaban J connectivity index is 1.92. The monoisotopic (exact) mass is 283 g/mol. The number of hydrogen-bond donors (Lipinski definition) is 2. The first kappa shape index (κ1) is 12.9. The fourth-order valence-electron chi connectivity index (χ4n) is 1.48. The van der Waals surface area contributed by atoms with Crippen LogP contribution in [0.5, 0.6) is 0 Å². The Labute approximate surface area is 113 Å². The summed E-state index contributed by atoms with van der Waals surface area (Å²) in [5.41, 5.74) is 6.00. The molecule has 1 aliphatic heterocycles. The van der Waals surface area contributed by atoms with Crippen LogP contribution in [0.4, 0.5) is 5.69 Å². The van der Waals surface area contributed by atoms with Crippen molar-refractivity contribution in [2.24, 2.45) is 10.7 Å². The number of nitrogens with one attached hydrogen (secondary N) is 1. The molecule has 5 nitrogen and oxygen atoms in total. The summed E-state index contributed by atoms with van der Waals surface area (Å²) in [5, 5.41) is 2.88. The van der Waals surface area contributed by atoms with Gasteiger partial charge in [0.15, 0.2) is 5.17 Å². The molecule has 0 spiro atoms. The van der Waals surface area contributed by atoms with Crippen LogP contribution in [-0.4, -0.2) is 22.2 Å². The molecular formula is C11H10ClN3O2S. The predicted octanol–water partition coefficient (Wildman–Crippen LogP) is 1.63. The van der Waals surface area contributed by atoms with E-state index in [0.29, 0.717) is 10.7 Å². The summed E-state index contributed by atoms with van der Waals surface area (Å²) in [4.78, 5) is 26.6. The second-order valence-corrected chi connectivity index (χ2v) is 5.32. The van der Waals surface area contributed by atoms with Crippen LogP contribution < -0.4 is 11.1 Å². The number of nitrogens with zero attached hydrogens (tertiary/aromatic N) is 1. The van der Waals surface area contributed by atoms with Crippen LogP contribution in [0.1, 0.15) is 6.42 Å². The zero-order valence-corrected chi connectivity index (χ0v) is 10.8. The van der Waals surface area contributed by atoms with Crippen molar-refractivity contribution >= 4 is 46.0 Å². The van der Waals surface area contributed by atoms with E-state index in [1.165, 1.54) is 0 Å². The van der Waals surface area contributed by atoms with Crippen LogP contribution in [-0.2, 0) is 9.59 Å². The maximum Gasteiger partial charge on any atom is 0.262 e.